The van der Waals surface area contributed by atoms with Crippen LogP contribution in [0.3, 0.4) is 0 Å². The van der Waals surface area contributed by atoms with Gasteiger partial charge < -0.3 is 4.98 Å². The zero-order chi connectivity index (χ0) is 12.7. The van der Waals surface area contributed by atoms with Gasteiger partial charge in [-0.3, -0.25) is 14.5 Å². The Morgan fingerprint density at radius 2 is 1.78 bits per heavy atom. The van der Waals surface area contributed by atoms with E-state index in [9.17, 15) is 9.59 Å². The number of imide groups is 1. The first-order valence-corrected chi connectivity index (χ1v) is 5.66. The van der Waals surface area contributed by atoms with Gasteiger partial charge in [0.05, 0.1) is 17.2 Å². The SMILES string of the molecule is CC(c1ncc[nH]1)N1C(=O)c2ccccc2C1=O. The van der Waals surface area contributed by atoms with E-state index in [-0.39, 0.29) is 11.8 Å². The molecule has 2 amide bonds. The van der Waals surface area contributed by atoms with Gasteiger partial charge in [0, 0.05) is 12.4 Å². The molecule has 1 unspecified atom stereocenters. The molecule has 0 spiro atoms. The number of carbonyl (C=O) groups is 2. The third-order valence-electron chi connectivity index (χ3n) is 3.13. The normalized spacial score (nSPS) is 15.9. The van der Waals surface area contributed by atoms with Gasteiger partial charge in [-0.2, -0.15) is 0 Å². The van der Waals surface area contributed by atoms with Crippen molar-refractivity contribution in [3.05, 3.63) is 53.6 Å². The summed E-state index contributed by atoms with van der Waals surface area (Å²) >= 11 is 0. The van der Waals surface area contributed by atoms with Crippen molar-refractivity contribution in [2.75, 3.05) is 0 Å². The number of nitrogens with zero attached hydrogens (tertiary/aromatic N) is 2. The van der Waals surface area contributed by atoms with Crippen LogP contribution in [0.25, 0.3) is 0 Å². The first-order chi connectivity index (χ1) is 8.70. The van der Waals surface area contributed by atoms with E-state index in [4.69, 9.17) is 0 Å². The second kappa shape index (κ2) is 3.80. The lowest BCUT2D eigenvalue weighted by atomic mass is 10.1. The lowest BCUT2D eigenvalue weighted by Crippen LogP contribution is -2.33. The van der Waals surface area contributed by atoms with Crippen LogP contribution in [0, 0.1) is 0 Å². The Hall–Kier alpha value is -2.43. The molecule has 1 aliphatic rings. The van der Waals surface area contributed by atoms with Crippen molar-refractivity contribution in [3.63, 3.8) is 0 Å². The van der Waals surface area contributed by atoms with Gasteiger partial charge in [0.1, 0.15) is 5.82 Å². The fraction of sp³-hybridized carbons (Fsp3) is 0.154. The van der Waals surface area contributed by atoms with E-state index in [2.05, 4.69) is 9.97 Å². The van der Waals surface area contributed by atoms with Crippen LogP contribution < -0.4 is 0 Å². The number of hydrogen-bond acceptors (Lipinski definition) is 3. The molecule has 5 heteroatoms. The molecule has 0 saturated heterocycles. The van der Waals surface area contributed by atoms with Crippen molar-refractivity contribution in [1.29, 1.82) is 0 Å². The van der Waals surface area contributed by atoms with Crippen LogP contribution in [0.5, 0.6) is 0 Å². The van der Waals surface area contributed by atoms with E-state index in [0.717, 1.165) is 0 Å². The largest absolute Gasteiger partial charge is 0.347 e. The maximum Gasteiger partial charge on any atom is 0.262 e. The summed E-state index contributed by atoms with van der Waals surface area (Å²) in [5.41, 5.74) is 0.918. The van der Waals surface area contributed by atoms with Gasteiger partial charge in [0.2, 0.25) is 0 Å². The Morgan fingerprint density at radius 1 is 1.17 bits per heavy atom. The standard InChI is InChI=1S/C13H11N3O2/c1-8(11-14-6-7-15-11)16-12(17)9-4-2-3-5-10(9)13(16)18/h2-8H,1H3,(H,14,15). The van der Waals surface area contributed by atoms with E-state index >= 15 is 0 Å². The fourth-order valence-corrected chi connectivity index (χ4v) is 2.19. The summed E-state index contributed by atoms with van der Waals surface area (Å²) in [5.74, 6) is 0.0727. The lowest BCUT2D eigenvalue weighted by molar-refractivity contribution is 0.0589. The summed E-state index contributed by atoms with van der Waals surface area (Å²) in [4.78, 5) is 32.7. The number of carbonyl (C=O) groups excluding carboxylic acids is 2. The summed E-state index contributed by atoms with van der Waals surface area (Å²) in [6, 6.07) is 6.46. The molecule has 1 N–H and O–H groups in total. The van der Waals surface area contributed by atoms with Crippen molar-refractivity contribution < 1.29 is 9.59 Å². The van der Waals surface area contributed by atoms with Crippen LogP contribution in [0.4, 0.5) is 0 Å². The van der Waals surface area contributed by atoms with Crippen molar-refractivity contribution in [1.82, 2.24) is 14.9 Å². The highest BCUT2D eigenvalue weighted by atomic mass is 16.2. The first-order valence-electron chi connectivity index (χ1n) is 5.66. The molecule has 0 aliphatic carbocycles. The van der Waals surface area contributed by atoms with E-state index in [1.807, 2.05) is 0 Å². The highest BCUT2D eigenvalue weighted by Gasteiger charge is 2.39. The highest BCUT2D eigenvalue weighted by molar-refractivity contribution is 6.21. The molecule has 2 heterocycles. The van der Waals surface area contributed by atoms with Crippen LogP contribution in [-0.4, -0.2) is 26.7 Å². The zero-order valence-corrected chi connectivity index (χ0v) is 9.75. The molecular formula is C13H11N3O2. The van der Waals surface area contributed by atoms with Gasteiger partial charge in [-0.05, 0) is 19.1 Å². The number of H-pyrrole nitrogens is 1. The van der Waals surface area contributed by atoms with Crippen LogP contribution in [0.2, 0.25) is 0 Å². The molecule has 90 valence electrons. The summed E-state index contributed by atoms with van der Waals surface area (Å²) in [7, 11) is 0. The van der Waals surface area contributed by atoms with Crippen LogP contribution in [-0.2, 0) is 0 Å². The maximum absolute atomic E-state index is 12.2. The quantitative estimate of drug-likeness (QED) is 0.815. The molecule has 0 bridgehead atoms. The number of fused-ring (bicyclic) bond motifs is 1. The van der Waals surface area contributed by atoms with E-state index in [0.29, 0.717) is 17.0 Å². The second-order valence-corrected chi connectivity index (χ2v) is 4.18. The van der Waals surface area contributed by atoms with Crippen LogP contribution >= 0.6 is 0 Å². The monoisotopic (exact) mass is 241 g/mol. The number of imidazole rings is 1. The average molecular weight is 241 g/mol. The highest BCUT2D eigenvalue weighted by Crippen LogP contribution is 2.29. The smallest absolute Gasteiger partial charge is 0.262 e. The Morgan fingerprint density at radius 3 is 2.28 bits per heavy atom. The molecular weight excluding hydrogens is 230 g/mol. The summed E-state index contributed by atoms with van der Waals surface area (Å²) in [6.45, 7) is 1.78. The van der Waals surface area contributed by atoms with Crippen molar-refractivity contribution in [3.8, 4) is 0 Å². The van der Waals surface area contributed by atoms with Gasteiger partial charge in [0.25, 0.3) is 11.8 Å². The summed E-state index contributed by atoms with van der Waals surface area (Å²) < 4.78 is 0. The van der Waals surface area contributed by atoms with E-state index < -0.39 is 6.04 Å². The maximum atomic E-state index is 12.2. The number of nitrogens with one attached hydrogen (secondary N) is 1. The van der Waals surface area contributed by atoms with Crippen LogP contribution in [0.1, 0.15) is 39.5 Å². The molecule has 1 aromatic carbocycles. The minimum atomic E-state index is -0.396. The van der Waals surface area contributed by atoms with Gasteiger partial charge in [0.15, 0.2) is 0 Å². The predicted octanol–water partition coefficient (Wildman–Crippen LogP) is 1.77. The number of aromatic nitrogens is 2. The van der Waals surface area contributed by atoms with E-state index in [1.165, 1.54) is 4.90 Å². The predicted molar refractivity (Wildman–Crippen MR) is 63.9 cm³/mol. The molecule has 1 atom stereocenters. The molecule has 1 aliphatic heterocycles. The average Bonchev–Trinajstić information content (AvgIpc) is 2.99. The molecule has 2 aromatic rings. The van der Waals surface area contributed by atoms with Gasteiger partial charge in [-0.1, -0.05) is 12.1 Å². The fourth-order valence-electron chi connectivity index (χ4n) is 2.19. The third-order valence-corrected chi connectivity index (χ3v) is 3.13. The molecule has 0 fully saturated rings. The second-order valence-electron chi connectivity index (χ2n) is 4.18. The minimum absolute atomic E-state index is 0.264. The summed E-state index contributed by atoms with van der Waals surface area (Å²) in [5, 5.41) is 0. The topological polar surface area (TPSA) is 66.1 Å². The lowest BCUT2D eigenvalue weighted by Gasteiger charge is -2.20. The molecule has 0 saturated carbocycles. The minimum Gasteiger partial charge on any atom is -0.347 e. The van der Waals surface area contributed by atoms with E-state index in [1.54, 1.807) is 43.6 Å². The Bertz CT molecular complexity index is 584. The number of aromatic amines is 1. The molecule has 3 rings (SSSR count). The van der Waals surface area contributed by atoms with Crippen LogP contribution in [0.15, 0.2) is 36.7 Å². The van der Waals surface area contributed by atoms with Crippen molar-refractivity contribution >= 4 is 11.8 Å². The Kier molecular flexibility index (Phi) is 2.26. The first kappa shape index (κ1) is 10.7. The number of hydrogen-bond donors (Lipinski definition) is 1. The molecule has 0 radical (unpaired) electrons. The molecule has 5 nitrogen and oxygen atoms in total. The van der Waals surface area contributed by atoms with Gasteiger partial charge in [-0.15, -0.1) is 0 Å². The summed E-state index contributed by atoms with van der Waals surface area (Å²) in [6.07, 6.45) is 3.27. The third kappa shape index (κ3) is 1.37. The van der Waals surface area contributed by atoms with Crippen molar-refractivity contribution in [2.45, 2.75) is 13.0 Å². The molecule has 1 aromatic heterocycles. The number of rotatable bonds is 2. The number of amides is 2. The van der Waals surface area contributed by atoms with Gasteiger partial charge in [-0.25, -0.2) is 4.98 Å². The number of benzene rings is 1. The molecule has 18 heavy (non-hydrogen) atoms. The van der Waals surface area contributed by atoms with Crippen molar-refractivity contribution in [2.24, 2.45) is 0 Å². The zero-order valence-electron chi connectivity index (χ0n) is 9.75. The Balaban J connectivity index is 2.02. The Labute approximate surface area is 103 Å². The van der Waals surface area contributed by atoms with Gasteiger partial charge >= 0.3 is 0 Å².